The molecule has 1 rings (SSSR count). The van der Waals surface area contributed by atoms with Crippen molar-refractivity contribution in [2.75, 3.05) is 39.9 Å². The number of carbonyl (C=O) groups is 1. The molecule has 0 aliphatic heterocycles. The number of benzene rings is 1. The second kappa shape index (κ2) is 12.7. The molecule has 134 valence electrons. The normalized spacial score (nSPS) is 12.5. The monoisotopic (exact) mass is 352 g/mol. The van der Waals surface area contributed by atoms with Gasteiger partial charge in [-0.25, -0.2) is 4.99 Å². The molecule has 0 spiro atoms. The smallest absolute Gasteiger partial charge is 0.241 e. The molecule has 0 saturated heterocycles. The van der Waals surface area contributed by atoms with Crippen LogP contribution in [0.1, 0.15) is 13.8 Å². The van der Waals surface area contributed by atoms with Crippen molar-refractivity contribution in [3.05, 3.63) is 30.3 Å². The van der Waals surface area contributed by atoms with Gasteiger partial charge in [-0.15, -0.1) is 11.8 Å². The Labute approximate surface area is 148 Å². The van der Waals surface area contributed by atoms with Gasteiger partial charge in [-0.2, -0.15) is 0 Å². The number of aliphatic imine (C=N–C) groups is 1. The van der Waals surface area contributed by atoms with Gasteiger partial charge in [-0.05, 0) is 19.1 Å². The fraction of sp³-hybridized carbons (Fsp3) is 0.529. The molecule has 1 unspecified atom stereocenters. The first-order valence-corrected chi connectivity index (χ1v) is 9.03. The summed E-state index contributed by atoms with van der Waals surface area (Å²) in [5.74, 6) is 0.538. The van der Waals surface area contributed by atoms with Crippen LogP contribution in [0.2, 0.25) is 0 Å². The Kier molecular flexibility index (Phi) is 10.7. The van der Waals surface area contributed by atoms with Crippen LogP contribution >= 0.6 is 11.8 Å². The number of ether oxygens (including phenoxy) is 1. The zero-order valence-electron chi connectivity index (χ0n) is 14.7. The number of hydrogen-bond acceptors (Lipinski definition) is 4. The number of amides is 1. The molecule has 7 heteroatoms. The van der Waals surface area contributed by atoms with Gasteiger partial charge in [-0.3, -0.25) is 4.79 Å². The topological polar surface area (TPSA) is 74.8 Å². The summed E-state index contributed by atoms with van der Waals surface area (Å²) >= 11 is 1.80. The second-order valence-corrected chi connectivity index (χ2v) is 6.67. The Morgan fingerprint density at radius 3 is 2.67 bits per heavy atom. The zero-order chi connectivity index (χ0) is 17.6. The number of methoxy groups -OCH3 is 1. The molecule has 0 radical (unpaired) electrons. The molecule has 1 aromatic carbocycles. The highest BCUT2D eigenvalue weighted by Crippen LogP contribution is 2.21. The number of hydrogen-bond donors (Lipinski definition) is 3. The lowest BCUT2D eigenvalue weighted by Crippen LogP contribution is -2.41. The number of carbonyl (C=O) groups excluding carboxylic acids is 1. The van der Waals surface area contributed by atoms with Gasteiger partial charge < -0.3 is 20.7 Å². The van der Waals surface area contributed by atoms with Crippen LogP contribution in [-0.2, 0) is 9.53 Å². The van der Waals surface area contributed by atoms with Crippen LogP contribution in [-0.4, -0.2) is 57.0 Å². The second-order valence-electron chi connectivity index (χ2n) is 5.16. The van der Waals surface area contributed by atoms with Crippen molar-refractivity contribution >= 4 is 23.6 Å². The quantitative estimate of drug-likeness (QED) is 0.257. The highest BCUT2D eigenvalue weighted by Gasteiger charge is 2.06. The van der Waals surface area contributed by atoms with E-state index in [1.54, 1.807) is 18.9 Å². The Morgan fingerprint density at radius 2 is 2.00 bits per heavy atom. The number of nitrogens with zero attached hydrogens (tertiary/aromatic N) is 1. The van der Waals surface area contributed by atoms with Crippen molar-refractivity contribution in [2.24, 2.45) is 4.99 Å². The van der Waals surface area contributed by atoms with Crippen LogP contribution in [0.4, 0.5) is 0 Å². The van der Waals surface area contributed by atoms with E-state index in [9.17, 15) is 4.79 Å². The SMILES string of the molecule is CCNC(=NCC(=O)NCCOC)NCC(C)Sc1ccccc1. The maximum atomic E-state index is 11.7. The molecule has 0 aliphatic rings. The van der Waals surface area contributed by atoms with Crippen LogP contribution in [0.5, 0.6) is 0 Å². The molecule has 0 bridgehead atoms. The van der Waals surface area contributed by atoms with Crippen LogP contribution in [0.25, 0.3) is 0 Å². The Hall–Kier alpha value is -1.73. The maximum Gasteiger partial charge on any atom is 0.241 e. The molecule has 24 heavy (non-hydrogen) atoms. The lowest BCUT2D eigenvalue weighted by molar-refractivity contribution is -0.119. The van der Waals surface area contributed by atoms with Gasteiger partial charge in [0.15, 0.2) is 5.96 Å². The van der Waals surface area contributed by atoms with Gasteiger partial charge in [0.25, 0.3) is 0 Å². The molecule has 0 aliphatic carbocycles. The van der Waals surface area contributed by atoms with E-state index in [4.69, 9.17) is 4.74 Å². The standard InChI is InChI=1S/C17H28N4O2S/c1-4-18-17(21-13-16(22)19-10-11-23-3)20-12-14(2)24-15-8-6-5-7-9-15/h5-9,14H,4,10-13H2,1-3H3,(H,19,22)(H2,18,20,21). The van der Waals surface area contributed by atoms with Crippen molar-refractivity contribution < 1.29 is 9.53 Å². The molecular weight excluding hydrogens is 324 g/mol. The van der Waals surface area contributed by atoms with Gasteiger partial charge in [-0.1, -0.05) is 25.1 Å². The van der Waals surface area contributed by atoms with E-state index >= 15 is 0 Å². The van der Waals surface area contributed by atoms with Crippen molar-refractivity contribution in [1.82, 2.24) is 16.0 Å². The van der Waals surface area contributed by atoms with Crippen LogP contribution < -0.4 is 16.0 Å². The summed E-state index contributed by atoms with van der Waals surface area (Å²) in [5.41, 5.74) is 0. The Morgan fingerprint density at radius 1 is 1.25 bits per heavy atom. The zero-order valence-corrected chi connectivity index (χ0v) is 15.5. The predicted octanol–water partition coefficient (Wildman–Crippen LogP) is 1.48. The molecule has 0 aromatic heterocycles. The van der Waals surface area contributed by atoms with Gasteiger partial charge in [0.1, 0.15) is 6.54 Å². The predicted molar refractivity (Wildman–Crippen MR) is 101 cm³/mol. The molecule has 0 fully saturated rings. The van der Waals surface area contributed by atoms with Crippen molar-refractivity contribution in [3.8, 4) is 0 Å². The van der Waals surface area contributed by atoms with E-state index in [0.717, 1.165) is 13.1 Å². The lowest BCUT2D eigenvalue weighted by atomic mass is 10.4. The summed E-state index contributed by atoms with van der Waals surface area (Å²) in [6.07, 6.45) is 0. The summed E-state index contributed by atoms with van der Waals surface area (Å²) in [7, 11) is 1.60. The largest absolute Gasteiger partial charge is 0.383 e. The van der Waals surface area contributed by atoms with Crippen molar-refractivity contribution in [1.29, 1.82) is 0 Å². The average molecular weight is 353 g/mol. The van der Waals surface area contributed by atoms with Gasteiger partial charge in [0.2, 0.25) is 5.91 Å². The first-order chi connectivity index (χ1) is 11.7. The number of nitrogens with one attached hydrogen (secondary N) is 3. The highest BCUT2D eigenvalue weighted by molar-refractivity contribution is 8.00. The number of guanidine groups is 1. The van der Waals surface area contributed by atoms with Crippen molar-refractivity contribution in [2.45, 2.75) is 24.0 Å². The van der Waals surface area contributed by atoms with E-state index in [-0.39, 0.29) is 12.5 Å². The highest BCUT2D eigenvalue weighted by atomic mass is 32.2. The van der Waals surface area contributed by atoms with E-state index in [1.807, 2.05) is 25.1 Å². The summed E-state index contributed by atoms with van der Waals surface area (Å²) in [6, 6.07) is 10.3. The summed E-state index contributed by atoms with van der Waals surface area (Å²) in [6.45, 7) is 6.76. The lowest BCUT2D eigenvalue weighted by Gasteiger charge is -2.15. The van der Waals surface area contributed by atoms with E-state index in [1.165, 1.54) is 4.90 Å². The van der Waals surface area contributed by atoms with Crippen molar-refractivity contribution in [3.63, 3.8) is 0 Å². The van der Waals surface area contributed by atoms with Crippen LogP contribution in [0.3, 0.4) is 0 Å². The minimum Gasteiger partial charge on any atom is -0.383 e. The first-order valence-electron chi connectivity index (χ1n) is 8.15. The minimum absolute atomic E-state index is 0.0965. The first kappa shape index (κ1) is 20.3. The molecule has 6 nitrogen and oxygen atoms in total. The molecule has 0 saturated carbocycles. The van der Waals surface area contributed by atoms with Gasteiger partial charge in [0, 0.05) is 36.9 Å². The Balaban J connectivity index is 2.38. The third-order valence-corrected chi connectivity index (χ3v) is 4.10. The fourth-order valence-corrected chi connectivity index (χ4v) is 2.80. The third-order valence-electron chi connectivity index (χ3n) is 2.99. The maximum absolute atomic E-state index is 11.7. The van der Waals surface area contributed by atoms with E-state index in [2.05, 4.69) is 40.0 Å². The number of rotatable bonds is 10. The molecule has 3 N–H and O–H groups in total. The number of thioether (sulfide) groups is 1. The minimum atomic E-state index is -0.115. The van der Waals surface area contributed by atoms with E-state index in [0.29, 0.717) is 24.4 Å². The molecule has 0 heterocycles. The van der Waals surface area contributed by atoms with Crippen LogP contribution in [0.15, 0.2) is 40.2 Å². The fourth-order valence-electron chi connectivity index (χ4n) is 1.85. The summed E-state index contributed by atoms with van der Waals surface area (Å²) in [4.78, 5) is 17.2. The molecule has 1 amide bonds. The Bertz CT molecular complexity index is 497. The average Bonchev–Trinajstić information content (AvgIpc) is 2.58. The van der Waals surface area contributed by atoms with E-state index < -0.39 is 0 Å². The molecular formula is C17H28N4O2S. The third kappa shape index (κ3) is 9.42. The van der Waals surface area contributed by atoms with Gasteiger partial charge >= 0.3 is 0 Å². The summed E-state index contributed by atoms with van der Waals surface area (Å²) < 4.78 is 4.89. The molecule has 1 atom stereocenters. The summed E-state index contributed by atoms with van der Waals surface area (Å²) in [5, 5.41) is 9.56. The van der Waals surface area contributed by atoms with Crippen LogP contribution in [0, 0.1) is 0 Å². The van der Waals surface area contributed by atoms with Gasteiger partial charge in [0.05, 0.1) is 6.61 Å². The molecule has 1 aromatic rings.